The smallest absolute Gasteiger partial charge is 0.419 e. The predicted molar refractivity (Wildman–Crippen MR) is 44.9 cm³/mol. The number of rotatable bonds is 2. The number of hydrogen-bond acceptors (Lipinski definition) is 2. The maximum absolute atomic E-state index is 13.3. The van der Waals surface area contributed by atoms with Gasteiger partial charge in [0.05, 0.1) is 12.7 Å². The molecule has 0 spiro atoms. The Bertz CT molecular complexity index is 425. The quantitative estimate of drug-likeness (QED) is 0.805. The van der Waals surface area contributed by atoms with Gasteiger partial charge in [0, 0.05) is 0 Å². The molecule has 0 fully saturated rings. The second-order valence-corrected chi connectivity index (χ2v) is 2.81. The van der Waals surface area contributed by atoms with Crippen molar-refractivity contribution in [2.75, 3.05) is 7.11 Å². The van der Waals surface area contributed by atoms with Crippen LogP contribution in [0, 0.1) is 5.82 Å². The molecule has 0 saturated heterocycles. The summed E-state index contributed by atoms with van der Waals surface area (Å²) in [5, 5.41) is 8.59. The SMILES string of the molecule is COc1c(C(=O)O)ccc(C(F)(F)F)c1F. The van der Waals surface area contributed by atoms with E-state index in [0.717, 1.165) is 7.11 Å². The summed E-state index contributed by atoms with van der Waals surface area (Å²) in [4.78, 5) is 10.6. The fourth-order valence-electron chi connectivity index (χ4n) is 1.14. The molecular formula is C9H6F4O3. The van der Waals surface area contributed by atoms with E-state index in [1.807, 2.05) is 0 Å². The zero-order chi connectivity index (χ0) is 12.5. The van der Waals surface area contributed by atoms with E-state index < -0.39 is 34.8 Å². The van der Waals surface area contributed by atoms with Gasteiger partial charge in [0.25, 0.3) is 0 Å². The summed E-state index contributed by atoms with van der Waals surface area (Å²) in [6.07, 6.45) is -4.89. The van der Waals surface area contributed by atoms with Gasteiger partial charge in [-0.1, -0.05) is 0 Å². The van der Waals surface area contributed by atoms with E-state index in [0.29, 0.717) is 12.1 Å². The molecule has 16 heavy (non-hydrogen) atoms. The van der Waals surface area contributed by atoms with Crippen molar-refractivity contribution in [1.82, 2.24) is 0 Å². The van der Waals surface area contributed by atoms with Crippen LogP contribution in [0.1, 0.15) is 15.9 Å². The maximum atomic E-state index is 13.3. The summed E-state index contributed by atoms with van der Waals surface area (Å²) in [6, 6.07) is 1.01. The van der Waals surface area contributed by atoms with Gasteiger partial charge in [-0.2, -0.15) is 13.2 Å². The topological polar surface area (TPSA) is 46.5 Å². The van der Waals surface area contributed by atoms with E-state index in [9.17, 15) is 22.4 Å². The first-order chi connectivity index (χ1) is 7.29. The van der Waals surface area contributed by atoms with E-state index in [-0.39, 0.29) is 0 Å². The molecule has 0 heterocycles. The second-order valence-electron chi connectivity index (χ2n) is 2.81. The molecule has 0 aliphatic rings. The Hall–Kier alpha value is -1.79. The van der Waals surface area contributed by atoms with Crippen LogP contribution in [0.25, 0.3) is 0 Å². The first kappa shape index (κ1) is 12.3. The Morgan fingerprint density at radius 3 is 2.31 bits per heavy atom. The van der Waals surface area contributed by atoms with Crippen LogP contribution in [-0.2, 0) is 6.18 Å². The number of carboxylic acids is 1. The lowest BCUT2D eigenvalue weighted by Crippen LogP contribution is -2.12. The lowest BCUT2D eigenvalue weighted by atomic mass is 10.1. The average molecular weight is 238 g/mol. The molecule has 1 rings (SSSR count). The van der Waals surface area contributed by atoms with Crippen LogP contribution < -0.4 is 4.74 Å². The molecule has 7 heteroatoms. The monoisotopic (exact) mass is 238 g/mol. The Kier molecular flexibility index (Phi) is 3.06. The minimum Gasteiger partial charge on any atom is -0.493 e. The zero-order valence-electron chi connectivity index (χ0n) is 7.93. The molecule has 0 aromatic heterocycles. The van der Waals surface area contributed by atoms with Crippen LogP contribution in [0.4, 0.5) is 17.6 Å². The lowest BCUT2D eigenvalue weighted by Gasteiger charge is -2.12. The summed E-state index contributed by atoms with van der Waals surface area (Å²) >= 11 is 0. The van der Waals surface area contributed by atoms with Gasteiger partial charge >= 0.3 is 12.1 Å². The lowest BCUT2D eigenvalue weighted by molar-refractivity contribution is -0.140. The van der Waals surface area contributed by atoms with Gasteiger partial charge in [-0.25, -0.2) is 9.18 Å². The Morgan fingerprint density at radius 2 is 1.94 bits per heavy atom. The van der Waals surface area contributed by atoms with Crippen molar-refractivity contribution in [3.8, 4) is 5.75 Å². The van der Waals surface area contributed by atoms with Gasteiger partial charge in [0.1, 0.15) is 5.56 Å². The first-order valence-corrected chi connectivity index (χ1v) is 3.96. The fraction of sp³-hybridized carbons (Fsp3) is 0.222. The number of alkyl halides is 3. The van der Waals surface area contributed by atoms with Crippen molar-refractivity contribution in [3.63, 3.8) is 0 Å². The van der Waals surface area contributed by atoms with Crippen molar-refractivity contribution < 1.29 is 32.2 Å². The Balaban J connectivity index is 3.46. The highest BCUT2D eigenvalue weighted by Gasteiger charge is 2.36. The van der Waals surface area contributed by atoms with Crippen molar-refractivity contribution >= 4 is 5.97 Å². The van der Waals surface area contributed by atoms with Crippen molar-refractivity contribution in [3.05, 3.63) is 29.1 Å². The molecular weight excluding hydrogens is 232 g/mol. The van der Waals surface area contributed by atoms with Gasteiger partial charge in [-0.15, -0.1) is 0 Å². The third-order valence-corrected chi connectivity index (χ3v) is 1.84. The van der Waals surface area contributed by atoms with Crippen LogP contribution in [0.15, 0.2) is 12.1 Å². The number of halogens is 4. The standard InChI is InChI=1S/C9H6F4O3/c1-16-7-4(8(14)15)2-3-5(6(7)10)9(11,12)13/h2-3H,1H3,(H,14,15). The van der Waals surface area contributed by atoms with E-state index >= 15 is 0 Å². The number of hydrogen-bond donors (Lipinski definition) is 1. The van der Waals surface area contributed by atoms with Crippen molar-refractivity contribution in [2.24, 2.45) is 0 Å². The molecule has 3 nitrogen and oxygen atoms in total. The number of carbonyl (C=O) groups is 1. The molecule has 0 unspecified atom stereocenters. The van der Waals surface area contributed by atoms with Crippen LogP contribution in [0.3, 0.4) is 0 Å². The predicted octanol–water partition coefficient (Wildman–Crippen LogP) is 2.55. The van der Waals surface area contributed by atoms with Crippen LogP contribution in [0.2, 0.25) is 0 Å². The molecule has 0 amide bonds. The van der Waals surface area contributed by atoms with Crippen LogP contribution >= 0.6 is 0 Å². The van der Waals surface area contributed by atoms with Crippen LogP contribution in [0.5, 0.6) is 5.75 Å². The summed E-state index contributed by atoms with van der Waals surface area (Å²) in [5.74, 6) is -4.22. The minimum atomic E-state index is -4.89. The highest BCUT2D eigenvalue weighted by atomic mass is 19.4. The van der Waals surface area contributed by atoms with Gasteiger partial charge in [-0.3, -0.25) is 0 Å². The normalized spacial score (nSPS) is 11.3. The summed E-state index contributed by atoms with van der Waals surface area (Å²) in [7, 11) is 0.894. The van der Waals surface area contributed by atoms with Gasteiger partial charge < -0.3 is 9.84 Å². The zero-order valence-corrected chi connectivity index (χ0v) is 7.93. The Morgan fingerprint density at radius 1 is 1.38 bits per heavy atom. The molecule has 0 bridgehead atoms. The Labute approximate surface area is 87.3 Å². The highest BCUT2D eigenvalue weighted by molar-refractivity contribution is 5.91. The van der Waals surface area contributed by atoms with Gasteiger partial charge in [-0.05, 0) is 12.1 Å². The van der Waals surface area contributed by atoms with Crippen LogP contribution in [-0.4, -0.2) is 18.2 Å². The summed E-state index contributed by atoms with van der Waals surface area (Å²) < 4.78 is 54.4. The average Bonchev–Trinajstić information content (AvgIpc) is 2.14. The summed E-state index contributed by atoms with van der Waals surface area (Å²) in [5.41, 5.74) is -2.22. The summed E-state index contributed by atoms with van der Waals surface area (Å²) in [6.45, 7) is 0. The van der Waals surface area contributed by atoms with E-state index in [4.69, 9.17) is 5.11 Å². The molecule has 0 saturated carbocycles. The fourth-order valence-corrected chi connectivity index (χ4v) is 1.14. The third kappa shape index (κ3) is 2.07. The molecule has 0 radical (unpaired) electrons. The van der Waals surface area contributed by atoms with E-state index in [2.05, 4.69) is 4.74 Å². The first-order valence-electron chi connectivity index (χ1n) is 3.96. The van der Waals surface area contributed by atoms with E-state index in [1.165, 1.54) is 0 Å². The molecule has 0 atom stereocenters. The number of carboxylic acid groups (broad SMARTS) is 1. The molecule has 1 N–H and O–H groups in total. The number of aromatic carboxylic acids is 1. The molecule has 1 aromatic rings. The van der Waals surface area contributed by atoms with Gasteiger partial charge in [0.15, 0.2) is 11.6 Å². The molecule has 0 aliphatic carbocycles. The molecule has 88 valence electrons. The highest BCUT2D eigenvalue weighted by Crippen LogP contribution is 2.36. The van der Waals surface area contributed by atoms with E-state index in [1.54, 1.807) is 0 Å². The second kappa shape index (κ2) is 3.99. The number of benzene rings is 1. The maximum Gasteiger partial charge on any atom is 0.419 e. The number of methoxy groups -OCH3 is 1. The van der Waals surface area contributed by atoms with Gasteiger partial charge in [0.2, 0.25) is 0 Å². The third-order valence-electron chi connectivity index (χ3n) is 1.84. The van der Waals surface area contributed by atoms with Crippen molar-refractivity contribution in [1.29, 1.82) is 0 Å². The molecule has 0 aliphatic heterocycles. The number of ether oxygens (including phenoxy) is 1. The van der Waals surface area contributed by atoms with Crippen molar-refractivity contribution in [2.45, 2.75) is 6.18 Å². The minimum absolute atomic E-state index is 0.362. The molecule has 1 aromatic carbocycles. The largest absolute Gasteiger partial charge is 0.493 e.